The summed E-state index contributed by atoms with van der Waals surface area (Å²) in [6, 6.07) is 9.49. The van der Waals surface area contributed by atoms with Gasteiger partial charge in [0.1, 0.15) is 5.75 Å². The summed E-state index contributed by atoms with van der Waals surface area (Å²) < 4.78 is 5.24. The smallest absolute Gasteiger partial charge is 0.166 e. The minimum absolute atomic E-state index is 0.566. The molecule has 0 atom stereocenters. The lowest BCUT2D eigenvalue weighted by Crippen LogP contribution is -1.85. The fourth-order valence-electron chi connectivity index (χ4n) is 1.52. The number of aromatic amines is 1. The summed E-state index contributed by atoms with van der Waals surface area (Å²) in [6.07, 6.45) is 2.58. The second-order valence-corrected chi connectivity index (χ2v) is 3.16. The van der Waals surface area contributed by atoms with Crippen LogP contribution < -0.4 is 4.74 Å². The van der Waals surface area contributed by atoms with Crippen molar-refractivity contribution in [2.45, 2.75) is 0 Å². The average molecular weight is 201 g/mol. The molecule has 0 fully saturated rings. The molecule has 76 valence electrons. The molecule has 0 radical (unpaired) electrons. The van der Waals surface area contributed by atoms with E-state index < -0.39 is 0 Å². The van der Waals surface area contributed by atoms with Crippen LogP contribution in [0.2, 0.25) is 0 Å². The van der Waals surface area contributed by atoms with E-state index in [1.165, 1.54) is 0 Å². The first kappa shape index (κ1) is 9.52. The highest BCUT2D eigenvalue weighted by molar-refractivity contribution is 5.79. The minimum Gasteiger partial charge on any atom is -0.496 e. The van der Waals surface area contributed by atoms with Crippen molar-refractivity contribution in [3.05, 3.63) is 42.2 Å². The molecule has 3 nitrogen and oxygen atoms in total. The first-order valence-corrected chi connectivity index (χ1v) is 4.62. The van der Waals surface area contributed by atoms with Crippen LogP contribution in [0, 0.1) is 0 Å². The maximum absolute atomic E-state index is 10.5. The van der Waals surface area contributed by atoms with Crippen molar-refractivity contribution in [2.24, 2.45) is 0 Å². The molecule has 0 saturated carbocycles. The lowest BCUT2D eigenvalue weighted by atomic mass is 10.1. The van der Waals surface area contributed by atoms with Crippen LogP contribution in [0.5, 0.6) is 5.75 Å². The summed E-state index contributed by atoms with van der Waals surface area (Å²) in [6.45, 7) is 0. The Labute approximate surface area is 87.7 Å². The number of hydrogen-bond acceptors (Lipinski definition) is 2. The van der Waals surface area contributed by atoms with Crippen LogP contribution in [0.3, 0.4) is 0 Å². The van der Waals surface area contributed by atoms with Crippen molar-refractivity contribution in [2.75, 3.05) is 7.11 Å². The first-order valence-electron chi connectivity index (χ1n) is 4.62. The summed E-state index contributed by atoms with van der Waals surface area (Å²) in [7, 11) is 1.63. The van der Waals surface area contributed by atoms with Crippen LogP contribution in [-0.2, 0) is 0 Å². The molecular formula is C12H11NO2. The highest BCUT2D eigenvalue weighted by atomic mass is 16.5. The first-order chi connectivity index (χ1) is 7.35. The Kier molecular flexibility index (Phi) is 2.54. The van der Waals surface area contributed by atoms with Crippen molar-refractivity contribution in [3.63, 3.8) is 0 Å². The molecule has 1 aromatic heterocycles. The molecule has 1 N–H and O–H groups in total. The Morgan fingerprint density at radius 1 is 1.33 bits per heavy atom. The van der Waals surface area contributed by atoms with Gasteiger partial charge >= 0.3 is 0 Å². The number of aldehydes is 1. The van der Waals surface area contributed by atoms with Gasteiger partial charge in [0.2, 0.25) is 0 Å². The highest BCUT2D eigenvalue weighted by Crippen LogP contribution is 2.29. The summed E-state index contributed by atoms with van der Waals surface area (Å²) in [5.41, 5.74) is 2.50. The fourth-order valence-corrected chi connectivity index (χ4v) is 1.52. The highest BCUT2D eigenvalue weighted by Gasteiger charge is 2.06. The Bertz CT molecular complexity index is 474. The second-order valence-electron chi connectivity index (χ2n) is 3.16. The van der Waals surface area contributed by atoms with Crippen LogP contribution in [0.1, 0.15) is 10.5 Å². The molecule has 0 unspecified atom stereocenters. The van der Waals surface area contributed by atoms with Crippen LogP contribution >= 0.6 is 0 Å². The zero-order valence-corrected chi connectivity index (χ0v) is 8.36. The summed E-state index contributed by atoms with van der Waals surface area (Å²) in [5, 5.41) is 0. The SMILES string of the molecule is COc1ccccc1-c1c[nH]c(C=O)c1. The van der Waals surface area contributed by atoms with E-state index in [4.69, 9.17) is 4.74 Å². The predicted molar refractivity (Wildman–Crippen MR) is 58.2 cm³/mol. The normalized spacial score (nSPS) is 9.93. The van der Waals surface area contributed by atoms with E-state index in [0.29, 0.717) is 5.69 Å². The molecule has 0 aliphatic rings. The van der Waals surface area contributed by atoms with Gasteiger partial charge in [-0.1, -0.05) is 18.2 Å². The lowest BCUT2D eigenvalue weighted by Gasteiger charge is -2.05. The average Bonchev–Trinajstić information content (AvgIpc) is 2.77. The van der Waals surface area contributed by atoms with Gasteiger partial charge < -0.3 is 9.72 Å². The number of rotatable bonds is 3. The monoisotopic (exact) mass is 201 g/mol. The van der Waals surface area contributed by atoms with Crippen molar-refractivity contribution in [1.29, 1.82) is 0 Å². The van der Waals surface area contributed by atoms with E-state index in [0.717, 1.165) is 23.2 Å². The van der Waals surface area contributed by atoms with Crippen molar-refractivity contribution < 1.29 is 9.53 Å². The van der Waals surface area contributed by atoms with Crippen molar-refractivity contribution in [3.8, 4) is 16.9 Å². The van der Waals surface area contributed by atoms with Gasteiger partial charge in [-0.15, -0.1) is 0 Å². The van der Waals surface area contributed by atoms with E-state index in [2.05, 4.69) is 4.98 Å². The van der Waals surface area contributed by atoms with E-state index in [9.17, 15) is 4.79 Å². The molecule has 0 saturated heterocycles. The molecule has 1 aromatic carbocycles. The fraction of sp³-hybridized carbons (Fsp3) is 0.0833. The number of benzene rings is 1. The van der Waals surface area contributed by atoms with E-state index in [-0.39, 0.29) is 0 Å². The Balaban J connectivity index is 2.48. The molecule has 2 rings (SSSR count). The number of carbonyl (C=O) groups is 1. The van der Waals surface area contributed by atoms with E-state index in [1.54, 1.807) is 19.4 Å². The third kappa shape index (κ3) is 1.76. The number of aromatic nitrogens is 1. The van der Waals surface area contributed by atoms with E-state index >= 15 is 0 Å². The van der Waals surface area contributed by atoms with Crippen molar-refractivity contribution in [1.82, 2.24) is 4.98 Å². The molecule has 0 amide bonds. The molecule has 0 bridgehead atoms. The largest absolute Gasteiger partial charge is 0.496 e. The van der Waals surface area contributed by atoms with E-state index in [1.807, 2.05) is 24.3 Å². The molecular weight excluding hydrogens is 190 g/mol. The lowest BCUT2D eigenvalue weighted by molar-refractivity contribution is 0.111. The summed E-state index contributed by atoms with van der Waals surface area (Å²) >= 11 is 0. The van der Waals surface area contributed by atoms with Crippen LogP contribution in [0.15, 0.2) is 36.5 Å². The summed E-state index contributed by atoms with van der Waals surface area (Å²) in [5.74, 6) is 0.800. The predicted octanol–water partition coefficient (Wildman–Crippen LogP) is 2.50. The molecule has 0 spiro atoms. The van der Waals surface area contributed by atoms with Crippen LogP contribution in [0.25, 0.3) is 11.1 Å². The van der Waals surface area contributed by atoms with Gasteiger partial charge in [-0.2, -0.15) is 0 Å². The van der Waals surface area contributed by atoms with Gasteiger partial charge in [0, 0.05) is 17.3 Å². The quantitative estimate of drug-likeness (QED) is 0.775. The Morgan fingerprint density at radius 3 is 2.80 bits per heavy atom. The molecule has 1 heterocycles. The number of methoxy groups -OCH3 is 1. The molecule has 2 aromatic rings. The van der Waals surface area contributed by atoms with Gasteiger partial charge in [-0.25, -0.2) is 0 Å². The number of nitrogens with one attached hydrogen (secondary N) is 1. The zero-order valence-electron chi connectivity index (χ0n) is 8.36. The van der Waals surface area contributed by atoms with Gasteiger partial charge in [0.25, 0.3) is 0 Å². The molecule has 15 heavy (non-hydrogen) atoms. The number of H-pyrrole nitrogens is 1. The topological polar surface area (TPSA) is 42.1 Å². The number of ether oxygens (including phenoxy) is 1. The molecule has 3 heteroatoms. The third-order valence-corrected chi connectivity index (χ3v) is 2.25. The number of para-hydroxylation sites is 1. The third-order valence-electron chi connectivity index (χ3n) is 2.25. The second kappa shape index (κ2) is 4.00. The maximum Gasteiger partial charge on any atom is 0.166 e. The Morgan fingerprint density at radius 2 is 2.13 bits per heavy atom. The number of carbonyl (C=O) groups excluding carboxylic acids is 1. The molecule has 0 aliphatic heterocycles. The maximum atomic E-state index is 10.5. The van der Waals surface area contributed by atoms with Gasteiger partial charge in [-0.3, -0.25) is 4.79 Å². The van der Waals surface area contributed by atoms with Crippen LogP contribution in [-0.4, -0.2) is 18.4 Å². The number of hydrogen-bond donors (Lipinski definition) is 1. The van der Waals surface area contributed by atoms with Gasteiger partial charge in [0.05, 0.1) is 12.8 Å². The standard InChI is InChI=1S/C12H11NO2/c1-15-12-5-3-2-4-11(12)9-6-10(8-14)13-7-9/h2-8,13H,1H3. The minimum atomic E-state index is 0.566. The van der Waals surface area contributed by atoms with Gasteiger partial charge in [0.15, 0.2) is 6.29 Å². The summed E-state index contributed by atoms with van der Waals surface area (Å²) in [4.78, 5) is 13.4. The van der Waals surface area contributed by atoms with Gasteiger partial charge in [-0.05, 0) is 12.1 Å². The molecule has 0 aliphatic carbocycles. The Hall–Kier alpha value is -2.03. The van der Waals surface area contributed by atoms with Crippen molar-refractivity contribution >= 4 is 6.29 Å². The zero-order chi connectivity index (χ0) is 10.7. The van der Waals surface area contributed by atoms with Crippen LogP contribution in [0.4, 0.5) is 0 Å².